The molecule has 0 spiro atoms. The van der Waals surface area contributed by atoms with Gasteiger partial charge in [0.05, 0.1) is 18.5 Å². The number of hydrogen-bond acceptors (Lipinski definition) is 7. The van der Waals surface area contributed by atoms with Crippen molar-refractivity contribution in [2.24, 2.45) is 0 Å². The van der Waals surface area contributed by atoms with E-state index in [0.717, 1.165) is 45.3 Å². The van der Waals surface area contributed by atoms with Crippen molar-refractivity contribution >= 4 is 39.2 Å². The maximum absolute atomic E-state index is 12.6. The van der Waals surface area contributed by atoms with Crippen LogP contribution in [-0.4, -0.2) is 58.9 Å². The molecule has 0 radical (unpaired) electrons. The third-order valence-corrected chi connectivity index (χ3v) is 7.79. The summed E-state index contributed by atoms with van der Waals surface area (Å²) in [6.07, 6.45) is 1.58. The van der Waals surface area contributed by atoms with Crippen molar-refractivity contribution in [3.05, 3.63) is 78.6 Å². The zero-order valence-electron chi connectivity index (χ0n) is 18.7. The lowest BCUT2D eigenvalue weighted by atomic mass is 10.2. The third-order valence-electron chi connectivity index (χ3n) is 5.69. The molecule has 8 heteroatoms. The number of hydrogen-bond donors (Lipinski definition) is 1. The highest BCUT2D eigenvalue weighted by molar-refractivity contribution is 8.00. The van der Waals surface area contributed by atoms with E-state index < -0.39 is 0 Å². The Balaban J connectivity index is 1.13. The molecule has 1 amide bonds. The largest absolute Gasteiger partial charge is 0.374 e. The van der Waals surface area contributed by atoms with Crippen LogP contribution in [0, 0.1) is 0 Å². The van der Waals surface area contributed by atoms with Crippen LogP contribution in [0.4, 0.5) is 0 Å². The Kier molecular flexibility index (Phi) is 7.50. The molecule has 2 aromatic heterocycles. The molecule has 1 aliphatic heterocycles. The summed E-state index contributed by atoms with van der Waals surface area (Å²) in [4.78, 5) is 25.9. The predicted octanol–water partition coefficient (Wildman–Crippen LogP) is 4.47. The number of benzene rings is 2. The van der Waals surface area contributed by atoms with Crippen LogP contribution in [0.5, 0.6) is 0 Å². The van der Waals surface area contributed by atoms with Crippen LogP contribution >= 0.6 is 23.1 Å². The predicted molar refractivity (Wildman–Crippen MR) is 138 cm³/mol. The minimum absolute atomic E-state index is 0.00229. The number of carbonyl (C=O) groups excluding carboxylic acids is 1. The second-order valence-corrected chi connectivity index (χ2v) is 10.2. The van der Waals surface area contributed by atoms with Crippen molar-refractivity contribution in [3.8, 4) is 10.4 Å². The topological polar surface area (TPSA) is 67.4 Å². The highest BCUT2D eigenvalue weighted by Crippen LogP contribution is 2.35. The first-order valence-electron chi connectivity index (χ1n) is 11.3. The molecule has 1 atom stereocenters. The number of thiophene rings is 1. The summed E-state index contributed by atoms with van der Waals surface area (Å²) in [6, 6.07) is 22.8. The molecule has 34 heavy (non-hydrogen) atoms. The summed E-state index contributed by atoms with van der Waals surface area (Å²) in [5, 5.41) is 4.87. The van der Waals surface area contributed by atoms with Crippen molar-refractivity contribution in [3.63, 3.8) is 0 Å². The van der Waals surface area contributed by atoms with Crippen molar-refractivity contribution < 1.29 is 9.53 Å². The van der Waals surface area contributed by atoms with Gasteiger partial charge in [-0.3, -0.25) is 9.69 Å². The van der Waals surface area contributed by atoms with Gasteiger partial charge in [0.25, 0.3) is 0 Å². The number of aromatic nitrogens is 2. The van der Waals surface area contributed by atoms with Crippen LogP contribution < -0.4 is 5.32 Å². The molecule has 1 fully saturated rings. The highest BCUT2D eigenvalue weighted by atomic mass is 32.2. The second kappa shape index (κ2) is 11.1. The van der Waals surface area contributed by atoms with E-state index >= 15 is 0 Å². The van der Waals surface area contributed by atoms with Crippen molar-refractivity contribution in [1.29, 1.82) is 0 Å². The Morgan fingerprint density at radius 1 is 1.12 bits per heavy atom. The fourth-order valence-corrected chi connectivity index (χ4v) is 5.87. The highest BCUT2D eigenvalue weighted by Gasteiger charge is 2.21. The van der Waals surface area contributed by atoms with Crippen molar-refractivity contribution in [2.45, 2.75) is 17.7 Å². The normalized spacial score (nSPS) is 16.5. The molecule has 2 aromatic carbocycles. The summed E-state index contributed by atoms with van der Waals surface area (Å²) < 4.78 is 5.88. The maximum Gasteiger partial charge on any atom is 0.230 e. The Bertz CT molecular complexity index is 1230. The summed E-state index contributed by atoms with van der Waals surface area (Å²) in [5.41, 5.74) is 2.46. The number of morpholine rings is 1. The lowest BCUT2D eigenvalue weighted by molar-refractivity contribution is -0.119. The van der Waals surface area contributed by atoms with Gasteiger partial charge in [-0.05, 0) is 17.2 Å². The SMILES string of the molecule is O=C(CSc1ncnc2sc(-c3ccccc3)cc12)NC[C@@H]1CN(Cc2ccccc2)CCO1. The number of nitrogens with one attached hydrogen (secondary N) is 1. The van der Waals surface area contributed by atoms with E-state index in [2.05, 4.69) is 62.6 Å². The summed E-state index contributed by atoms with van der Waals surface area (Å²) in [7, 11) is 0. The number of rotatable bonds is 8. The van der Waals surface area contributed by atoms with Gasteiger partial charge in [0.1, 0.15) is 16.2 Å². The minimum Gasteiger partial charge on any atom is -0.374 e. The first-order chi connectivity index (χ1) is 16.7. The van der Waals surface area contributed by atoms with E-state index in [1.165, 1.54) is 17.3 Å². The van der Waals surface area contributed by atoms with Gasteiger partial charge in [-0.2, -0.15) is 0 Å². The lowest BCUT2D eigenvalue weighted by Gasteiger charge is -2.33. The van der Waals surface area contributed by atoms with Crippen LogP contribution in [-0.2, 0) is 16.1 Å². The van der Waals surface area contributed by atoms with Gasteiger partial charge in [0.2, 0.25) is 5.91 Å². The van der Waals surface area contributed by atoms with Crippen LogP contribution in [0.1, 0.15) is 5.56 Å². The van der Waals surface area contributed by atoms with Crippen LogP contribution in [0.3, 0.4) is 0 Å². The summed E-state index contributed by atoms with van der Waals surface area (Å²) in [6.45, 7) is 3.82. The van der Waals surface area contributed by atoms with Gasteiger partial charge < -0.3 is 10.1 Å². The average molecular weight is 491 g/mol. The number of thioether (sulfide) groups is 1. The number of fused-ring (bicyclic) bond motifs is 1. The molecule has 5 rings (SSSR count). The Morgan fingerprint density at radius 2 is 1.91 bits per heavy atom. The molecule has 0 aliphatic carbocycles. The quantitative estimate of drug-likeness (QED) is 0.290. The van der Waals surface area contributed by atoms with E-state index in [0.29, 0.717) is 18.9 Å². The van der Waals surface area contributed by atoms with E-state index in [4.69, 9.17) is 4.74 Å². The fourth-order valence-electron chi connectivity index (χ4n) is 4.00. The first-order valence-corrected chi connectivity index (χ1v) is 13.1. The molecular formula is C26H26N4O2S2. The van der Waals surface area contributed by atoms with E-state index in [1.807, 2.05) is 24.3 Å². The minimum atomic E-state index is -0.0148. The second-order valence-electron chi connectivity index (χ2n) is 8.18. The number of amides is 1. The Hall–Kier alpha value is -2.78. The Morgan fingerprint density at radius 3 is 2.74 bits per heavy atom. The summed E-state index contributed by atoms with van der Waals surface area (Å²) in [5.74, 6) is 0.294. The molecule has 3 heterocycles. The number of ether oxygens (including phenoxy) is 1. The smallest absolute Gasteiger partial charge is 0.230 e. The van der Waals surface area contributed by atoms with Gasteiger partial charge in [-0.1, -0.05) is 72.4 Å². The van der Waals surface area contributed by atoms with Crippen LogP contribution in [0.2, 0.25) is 0 Å². The summed E-state index contributed by atoms with van der Waals surface area (Å²) >= 11 is 3.09. The maximum atomic E-state index is 12.6. The standard InChI is InChI=1S/C26H26N4O2S2/c31-24(27-14-21-16-30(11-12-32-21)15-19-7-3-1-4-8-19)17-33-25-22-13-23(20-9-5-2-6-10-20)34-26(22)29-18-28-25/h1-10,13,18,21H,11-12,14-17H2,(H,27,31)/t21-/m1/s1. The molecule has 0 unspecified atom stereocenters. The molecule has 0 saturated carbocycles. The molecular weight excluding hydrogens is 464 g/mol. The lowest BCUT2D eigenvalue weighted by Crippen LogP contribution is -2.47. The fraction of sp³-hybridized carbons (Fsp3) is 0.269. The zero-order valence-corrected chi connectivity index (χ0v) is 20.4. The van der Waals surface area contributed by atoms with Gasteiger partial charge in [0.15, 0.2) is 0 Å². The average Bonchev–Trinajstić information content (AvgIpc) is 3.33. The number of nitrogens with zero attached hydrogens (tertiary/aromatic N) is 3. The van der Waals surface area contributed by atoms with Crippen molar-refractivity contribution in [1.82, 2.24) is 20.2 Å². The molecule has 6 nitrogen and oxygen atoms in total. The molecule has 1 N–H and O–H groups in total. The molecule has 174 valence electrons. The molecule has 1 saturated heterocycles. The zero-order chi connectivity index (χ0) is 23.2. The van der Waals surface area contributed by atoms with Crippen LogP contribution in [0.25, 0.3) is 20.7 Å². The third kappa shape index (κ3) is 5.82. The van der Waals surface area contributed by atoms with E-state index in [9.17, 15) is 4.79 Å². The monoisotopic (exact) mass is 490 g/mol. The molecule has 1 aliphatic rings. The first kappa shape index (κ1) is 23.0. The number of carbonyl (C=O) groups is 1. The van der Waals surface area contributed by atoms with Gasteiger partial charge in [-0.15, -0.1) is 11.3 Å². The van der Waals surface area contributed by atoms with Gasteiger partial charge >= 0.3 is 0 Å². The Labute approximate surface area is 207 Å². The van der Waals surface area contributed by atoms with Gasteiger partial charge in [-0.25, -0.2) is 9.97 Å². The molecule has 4 aromatic rings. The van der Waals surface area contributed by atoms with Gasteiger partial charge in [0, 0.05) is 36.4 Å². The van der Waals surface area contributed by atoms with E-state index in [-0.39, 0.29) is 12.0 Å². The van der Waals surface area contributed by atoms with E-state index in [1.54, 1.807) is 17.7 Å². The molecule has 0 bridgehead atoms. The van der Waals surface area contributed by atoms with Crippen molar-refractivity contribution in [2.75, 3.05) is 32.0 Å². The van der Waals surface area contributed by atoms with Crippen LogP contribution in [0.15, 0.2) is 78.1 Å².